The van der Waals surface area contributed by atoms with Crippen LogP contribution in [0.1, 0.15) is 72.1 Å². The van der Waals surface area contributed by atoms with E-state index in [4.69, 9.17) is 0 Å². The molecule has 0 radical (unpaired) electrons. The monoisotopic (exact) mass is 238 g/mol. The highest BCUT2D eigenvalue weighted by Gasteiger charge is 2.40. The lowest BCUT2D eigenvalue weighted by Gasteiger charge is -2.40. The first-order valence-electron chi connectivity index (χ1n) is 7.14. The molecule has 1 rings (SSSR count). The van der Waals surface area contributed by atoms with E-state index < -0.39 is 0 Å². The summed E-state index contributed by atoms with van der Waals surface area (Å²) in [5.74, 6) is 0.476. The number of rotatable bonds is 4. The molecule has 1 saturated carbocycles. The predicted octanol–water partition coefficient (Wildman–Crippen LogP) is 3.92. The van der Waals surface area contributed by atoms with Crippen LogP contribution in [-0.2, 0) is 9.59 Å². The normalized spacial score (nSPS) is 25.5. The van der Waals surface area contributed by atoms with Crippen molar-refractivity contribution in [2.45, 2.75) is 72.1 Å². The molecule has 98 valence electrons. The summed E-state index contributed by atoms with van der Waals surface area (Å²) in [7, 11) is 0. The maximum atomic E-state index is 12.3. The zero-order chi connectivity index (χ0) is 12.9. The Balaban J connectivity index is 2.97. The summed E-state index contributed by atoms with van der Waals surface area (Å²) in [4.78, 5) is 23.8. The van der Waals surface area contributed by atoms with Gasteiger partial charge in [0.25, 0.3) is 0 Å². The van der Waals surface area contributed by atoms with Gasteiger partial charge in [-0.2, -0.15) is 0 Å². The van der Waals surface area contributed by atoms with Crippen molar-refractivity contribution in [2.24, 2.45) is 11.3 Å². The molecule has 0 spiro atoms. The topological polar surface area (TPSA) is 34.1 Å². The van der Waals surface area contributed by atoms with E-state index in [1.807, 2.05) is 0 Å². The smallest absolute Gasteiger partial charge is 0.143 e. The molecule has 0 N–H and O–H groups in total. The summed E-state index contributed by atoms with van der Waals surface area (Å²) in [6.45, 7) is 6.52. The molecule has 0 amide bonds. The predicted molar refractivity (Wildman–Crippen MR) is 69.9 cm³/mol. The van der Waals surface area contributed by atoms with Crippen LogP contribution in [0.4, 0.5) is 0 Å². The van der Waals surface area contributed by atoms with Gasteiger partial charge >= 0.3 is 0 Å². The SMILES string of the molecule is CCCC1C(=O)CC(=O)CCCC1(CC)CC. The standard InChI is InChI=1S/C15H26O2/c1-4-8-13-14(17)11-12(16)9-7-10-15(13,5-2)6-3/h13H,4-11H2,1-3H3. The minimum atomic E-state index is 0.117. The molecule has 1 unspecified atom stereocenters. The first kappa shape index (κ1) is 14.4. The zero-order valence-corrected chi connectivity index (χ0v) is 11.6. The zero-order valence-electron chi connectivity index (χ0n) is 11.6. The lowest BCUT2D eigenvalue weighted by molar-refractivity contribution is -0.134. The first-order chi connectivity index (χ1) is 8.09. The summed E-state index contributed by atoms with van der Waals surface area (Å²) in [5.41, 5.74) is 0.161. The van der Waals surface area contributed by atoms with Gasteiger partial charge in [0.2, 0.25) is 0 Å². The van der Waals surface area contributed by atoms with Crippen LogP contribution in [0.5, 0.6) is 0 Å². The lowest BCUT2D eigenvalue weighted by atomic mass is 9.63. The molecule has 17 heavy (non-hydrogen) atoms. The number of carbonyl (C=O) groups excluding carboxylic acids is 2. The van der Waals surface area contributed by atoms with Crippen molar-refractivity contribution in [1.29, 1.82) is 0 Å². The fourth-order valence-electron chi connectivity index (χ4n) is 3.41. The van der Waals surface area contributed by atoms with Crippen molar-refractivity contribution >= 4 is 11.6 Å². The maximum Gasteiger partial charge on any atom is 0.143 e. The highest BCUT2D eigenvalue weighted by Crippen LogP contribution is 2.44. The molecule has 2 nitrogen and oxygen atoms in total. The number of hydrogen-bond donors (Lipinski definition) is 0. The van der Waals surface area contributed by atoms with Gasteiger partial charge in [0.1, 0.15) is 11.6 Å². The van der Waals surface area contributed by atoms with Gasteiger partial charge in [-0.1, -0.05) is 27.2 Å². The second-order valence-electron chi connectivity index (χ2n) is 5.45. The third kappa shape index (κ3) is 3.17. The molecule has 0 saturated heterocycles. The van der Waals surface area contributed by atoms with Crippen molar-refractivity contribution < 1.29 is 9.59 Å². The molecule has 0 bridgehead atoms. The third-order valence-electron chi connectivity index (χ3n) is 4.62. The van der Waals surface area contributed by atoms with Gasteiger partial charge in [0.15, 0.2) is 0 Å². The average Bonchev–Trinajstić information content (AvgIpc) is 2.31. The van der Waals surface area contributed by atoms with Crippen LogP contribution in [0.25, 0.3) is 0 Å². The van der Waals surface area contributed by atoms with Crippen LogP contribution in [0.15, 0.2) is 0 Å². The quantitative estimate of drug-likeness (QED) is 0.696. The number of Topliss-reactive ketones (excluding diaryl/α,β-unsaturated/α-hetero) is 2. The highest BCUT2D eigenvalue weighted by atomic mass is 16.1. The fourth-order valence-corrected chi connectivity index (χ4v) is 3.41. The molecule has 0 heterocycles. The van der Waals surface area contributed by atoms with Gasteiger partial charge in [0, 0.05) is 12.3 Å². The van der Waals surface area contributed by atoms with E-state index in [2.05, 4.69) is 20.8 Å². The molecule has 0 aromatic heterocycles. The largest absolute Gasteiger partial charge is 0.299 e. The van der Waals surface area contributed by atoms with Gasteiger partial charge in [-0.3, -0.25) is 9.59 Å². The second-order valence-corrected chi connectivity index (χ2v) is 5.45. The fraction of sp³-hybridized carbons (Fsp3) is 0.867. The summed E-state index contributed by atoms with van der Waals surface area (Å²) < 4.78 is 0. The molecule has 1 fully saturated rings. The lowest BCUT2D eigenvalue weighted by Crippen LogP contribution is -2.37. The summed E-state index contributed by atoms with van der Waals surface area (Å²) in [6.07, 6.45) is 6.91. The van der Waals surface area contributed by atoms with Gasteiger partial charge in [0.05, 0.1) is 6.42 Å². The molecule has 1 aliphatic carbocycles. The van der Waals surface area contributed by atoms with Crippen molar-refractivity contribution in [3.63, 3.8) is 0 Å². The summed E-state index contributed by atoms with van der Waals surface area (Å²) in [5, 5.41) is 0. The van der Waals surface area contributed by atoms with Gasteiger partial charge in [-0.15, -0.1) is 0 Å². The van der Waals surface area contributed by atoms with E-state index in [0.717, 1.165) is 38.5 Å². The molecule has 2 heteroatoms. The van der Waals surface area contributed by atoms with Crippen LogP contribution in [-0.4, -0.2) is 11.6 Å². The van der Waals surface area contributed by atoms with Crippen molar-refractivity contribution in [3.05, 3.63) is 0 Å². The number of ketones is 2. The molecule has 1 atom stereocenters. The summed E-state index contributed by atoms with van der Waals surface area (Å²) in [6, 6.07) is 0. The van der Waals surface area contributed by atoms with E-state index in [1.54, 1.807) is 0 Å². The van der Waals surface area contributed by atoms with E-state index in [0.29, 0.717) is 6.42 Å². The Morgan fingerprint density at radius 1 is 1.18 bits per heavy atom. The van der Waals surface area contributed by atoms with Crippen molar-refractivity contribution in [3.8, 4) is 0 Å². The van der Waals surface area contributed by atoms with Crippen molar-refractivity contribution in [2.75, 3.05) is 0 Å². The highest BCUT2D eigenvalue weighted by molar-refractivity contribution is 6.00. The minimum absolute atomic E-state index is 0.117. The Labute approximate surface area is 105 Å². The maximum absolute atomic E-state index is 12.3. The Morgan fingerprint density at radius 2 is 1.82 bits per heavy atom. The number of carbonyl (C=O) groups is 2. The van der Waals surface area contributed by atoms with Gasteiger partial charge in [-0.05, 0) is 37.5 Å². The molecule has 0 aromatic rings. The number of hydrogen-bond acceptors (Lipinski definition) is 2. The third-order valence-corrected chi connectivity index (χ3v) is 4.62. The van der Waals surface area contributed by atoms with E-state index in [1.165, 1.54) is 0 Å². The molecular formula is C15H26O2. The molecule has 0 aromatic carbocycles. The molecule has 1 aliphatic rings. The summed E-state index contributed by atoms with van der Waals surface area (Å²) >= 11 is 0. The van der Waals surface area contributed by atoms with E-state index >= 15 is 0 Å². The first-order valence-corrected chi connectivity index (χ1v) is 7.14. The Morgan fingerprint density at radius 3 is 2.35 bits per heavy atom. The van der Waals surface area contributed by atoms with Gasteiger partial charge < -0.3 is 0 Å². The van der Waals surface area contributed by atoms with E-state index in [-0.39, 0.29) is 29.3 Å². The molecule has 0 aliphatic heterocycles. The minimum Gasteiger partial charge on any atom is -0.299 e. The Kier molecular flexibility index (Phi) is 5.35. The van der Waals surface area contributed by atoms with Crippen LogP contribution < -0.4 is 0 Å². The van der Waals surface area contributed by atoms with E-state index in [9.17, 15) is 9.59 Å². The van der Waals surface area contributed by atoms with Crippen LogP contribution in [0, 0.1) is 11.3 Å². The van der Waals surface area contributed by atoms with Crippen LogP contribution >= 0.6 is 0 Å². The Hall–Kier alpha value is -0.660. The average molecular weight is 238 g/mol. The van der Waals surface area contributed by atoms with Crippen LogP contribution in [0.3, 0.4) is 0 Å². The molecular weight excluding hydrogens is 212 g/mol. The van der Waals surface area contributed by atoms with Gasteiger partial charge in [-0.25, -0.2) is 0 Å². The second kappa shape index (κ2) is 6.32. The Bertz CT molecular complexity index is 277. The van der Waals surface area contributed by atoms with Crippen molar-refractivity contribution in [1.82, 2.24) is 0 Å². The van der Waals surface area contributed by atoms with Crippen LogP contribution in [0.2, 0.25) is 0 Å².